The standard InChI is InChI=1S/C20H20N2/c1-17(2)21-16-22-20-15-9-8-14-19(20)13-7-6-12-18-10-4-3-5-11-18/h3-5,8-11,14-15,17H,12-13H2,1-2H3. The van der Waals surface area contributed by atoms with Crippen molar-refractivity contribution in [2.45, 2.75) is 32.7 Å². The molecule has 2 aromatic rings. The highest BCUT2D eigenvalue weighted by atomic mass is 14.8. The first-order valence-electron chi connectivity index (χ1n) is 7.49. The van der Waals surface area contributed by atoms with E-state index in [1.807, 2.05) is 56.3 Å². The molecule has 2 aromatic carbocycles. The summed E-state index contributed by atoms with van der Waals surface area (Å²) >= 11 is 0. The maximum absolute atomic E-state index is 4.30. The van der Waals surface area contributed by atoms with Crippen LogP contribution in [0.1, 0.15) is 25.0 Å². The van der Waals surface area contributed by atoms with E-state index in [1.165, 1.54) is 5.56 Å². The van der Waals surface area contributed by atoms with Gasteiger partial charge < -0.3 is 0 Å². The Hall–Kier alpha value is -2.62. The lowest BCUT2D eigenvalue weighted by Crippen LogP contribution is -1.86. The summed E-state index contributed by atoms with van der Waals surface area (Å²) in [6.45, 7) is 4.01. The molecule has 0 saturated heterocycles. The van der Waals surface area contributed by atoms with Gasteiger partial charge in [-0.05, 0) is 31.0 Å². The third kappa shape index (κ3) is 5.40. The van der Waals surface area contributed by atoms with Crippen molar-refractivity contribution in [1.29, 1.82) is 0 Å². The normalized spacial score (nSPS) is 9.59. The molecule has 2 nitrogen and oxygen atoms in total. The van der Waals surface area contributed by atoms with Gasteiger partial charge in [0.1, 0.15) is 0 Å². The Morgan fingerprint density at radius 1 is 0.864 bits per heavy atom. The van der Waals surface area contributed by atoms with Crippen LogP contribution in [-0.4, -0.2) is 12.1 Å². The highest BCUT2D eigenvalue weighted by molar-refractivity contribution is 5.56. The first-order chi connectivity index (χ1) is 10.8. The van der Waals surface area contributed by atoms with Crippen LogP contribution in [-0.2, 0) is 12.8 Å². The van der Waals surface area contributed by atoms with E-state index in [0.29, 0.717) is 6.42 Å². The van der Waals surface area contributed by atoms with Crippen LogP contribution >= 0.6 is 0 Å². The smallest absolute Gasteiger partial charge is 0.0951 e. The first-order valence-corrected chi connectivity index (χ1v) is 7.49. The number of aliphatic imine (C=N–C) groups is 2. The second-order valence-electron chi connectivity index (χ2n) is 5.26. The zero-order valence-electron chi connectivity index (χ0n) is 13.1. The van der Waals surface area contributed by atoms with Crippen LogP contribution in [0.15, 0.2) is 64.6 Å². The minimum absolute atomic E-state index is 0.210. The molecule has 0 saturated carbocycles. The van der Waals surface area contributed by atoms with Gasteiger partial charge in [0.05, 0.1) is 17.7 Å². The van der Waals surface area contributed by atoms with E-state index in [-0.39, 0.29) is 6.04 Å². The minimum Gasteiger partial charge on any atom is -0.223 e. The molecular formula is C20H20N2. The van der Waals surface area contributed by atoms with Gasteiger partial charge in [0.25, 0.3) is 0 Å². The molecule has 110 valence electrons. The van der Waals surface area contributed by atoms with Gasteiger partial charge in [0.15, 0.2) is 0 Å². The molecule has 0 radical (unpaired) electrons. The first kappa shape index (κ1) is 15.8. The third-order valence-electron chi connectivity index (χ3n) is 3.02. The summed E-state index contributed by atoms with van der Waals surface area (Å²) in [4.78, 5) is 8.44. The minimum atomic E-state index is 0.210. The van der Waals surface area contributed by atoms with E-state index in [9.17, 15) is 0 Å². The van der Waals surface area contributed by atoms with Gasteiger partial charge in [0.2, 0.25) is 0 Å². The molecule has 2 rings (SSSR count). The van der Waals surface area contributed by atoms with E-state index in [4.69, 9.17) is 0 Å². The SMILES string of the molecule is CC(C)N=C=Nc1ccccc1CC#CCc1ccccc1. The molecule has 0 N–H and O–H groups in total. The number of hydrogen-bond donors (Lipinski definition) is 0. The van der Waals surface area contributed by atoms with Crippen LogP contribution in [0, 0.1) is 11.8 Å². The van der Waals surface area contributed by atoms with Crippen LogP contribution in [0.4, 0.5) is 5.69 Å². The van der Waals surface area contributed by atoms with Crippen molar-refractivity contribution in [3.05, 3.63) is 65.7 Å². The number of para-hydroxylation sites is 1. The van der Waals surface area contributed by atoms with Crippen LogP contribution in [0.5, 0.6) is 0 Å². The van der Waals surface area contributed by atoms with Gasteiger partial charge in [-0.25, -0.2) is 4.99 Å². The number of hydrogen-bond acceptors (Lipinski definition) is 2. The van der Waals surface area contributed by atoms with Crippen molar-refractivity contribution in [3.8, 4) is 11.8 Å². The van der Waals surface area contributed by atoms with Crippen molar-refractivity contribution < 1.29 is 0 Å². The largest absolute Gasteiger partial charge is 0.223 e. The molecule has 0 aliphatic heterocycles. The molecule has 0 fully saturated rings. The molecule has 0 spiro atoms. The van der Waals surface area contributed by atoms with Gasteiger partial charge >= 0.3 is 0 Å². The highest BCUT2D eigenvalue weighted by Gasteiger charge is 1.97. The van der Waals surface area contributed by atoms with Crippen LogP contribution < -0.4 is 0 Å². The van der Waals surface area contributed by atoms with Gasteiger partial charge in [-0.3, -0.25) is 0 Å². The van der Waals surface area contributed by atoms with Gasteiger partial charge in [0, 0.05) is 12.8 Å². The summed E-state index contributed by atoms with van der Waals surface area (Å²) in [6.07, 6.45) is 1.47. The fraction of sp³-hybridized carbons (Fsp3) is 0.250. The summed E-state index contributed by atoms with van der Waals surface area (Å²) in [6, 6.07) is 21.2. The number of nitrogens with zero attached hydrogens (tertiary/aromatic N) is 2. The lowest BCUT2D eigenvalue weighted by molar-refractivity contribution is 0.841. The molecule has 2 heteroatoms. The quantitative estimate of drug-likeness (QED) is 0.576. The molecular weight excluding hydrogens is 268 g/mol. The van der Waals surface area contributed by atoms with Crippen molar-refractivity contribution >= 4 is 11.7 Å². The van der Waals surface area contributed by atoms with Gasteiger partial charge in [-0.1, -0.05) is 60.4 Å². The van der Waals surface area contributed by atoms with Crippen LogP contribution in [0.3, 0.4) is 0 Å². The second-order valence-corrected chi connectivity index (χ2v) is 5.26. The molecule has 0 aliphatic rings. The Kier molecular flexibility index (Phi) is 6.18. The zero-order valence-corrected chi connectivity index (χ0v) is 13.1. The fourth-order valence-electron chi connectivity index (χ4n) is 1.89. The van der Waals surface area contributed by atoms with Crippen LogP contribution in [0.2, 0.25) is 0 Å². The van der Waals surface area contributed by atoms with Crippen LogP contribution in [0.25, 0.3) is 0 Å². The molecule has 0 aliphatic carbocycles. The Labute approximate surface area is 132 Å². The van der Waals surface area contributed by atoms with Gasteiger partial charge in [-0.15, -0.1) is 0 Å². The predicted molar refractivity (Wildman–Crippen MR) is 92.7 cm³/mol. The summed E-state index contributed by atoms with van der Waals surface area (Å²) < 4.78 is 0. The maximum Gasteiger partial charge on any atom is 0.0951 e. The molecule has 0 bridgehead atoms. The molecule has 0 heterocycles. The average Bonchev–Trinajstić information content (AvgIpc) is 2.53. The molecule has 0 aromatic heterocycles. The van der Waals surface area contributed by atoms with Crippen molar-refractivity contribution in [2.75, 3.05) is 0 Å². The molecule has 22 heavy (non-hydrogen) atoms. The topological polar surface area (TPSA) is 24.7 Å². The average molecular weight is 288 g/mol. The highest BCUT2D eigenvalue weighted by Crippen LogP contribution is 2.18. The fourth-order valence-corrected chi connectivity index (χ4v) is 1.89. The maximum atomic E-state index is 4.30. The van der Waals surface area contributed by atoms with Crippen molar-refractivity contribution in [1.82, 2.24) is 0 Å². The monoisotopic (exact) mass is 288 g/mol. The van der Waals surface area contributed by atoms with E-state index in [0.717, 1.165) is 17.7 Å². The van der Waals surface area contributed by atoms with E-state index in [1.54, 1.807) is 0 Å². The lowest BCUT2D eigenvalue weighted by atomic mass is 10.1. The Morgan fingerprint density at radius 2 is 1.55 bits per heavy atom. The number of benzene rings is 2. The van der Waals surface area contributed by atoms with E-state index < -0.39 is 0 Å². The summed E-state index contributed by atoms with van der Waals surface area (Å²) in [7, 11) is 0. The van der Waals surface area contributed by atoms with Crippen molar-refractivity contribution in [2.24, 2.45) is 9.98 Å². The Bertz CT molecular complexity index is 712. The Balaban J connectivity index is 2.03. The summed E-state index contributed by atoms with van der Waals surface area (Å²) in [5.74, 6) is 6.44. The van der Waals surface area contributed by atoms with E-state index >= 15 is 0 Å². The van der Waals surface area contributed by atoms with Gasteiger partial charge in [-0.2, -0.15) is 4.99 Å². The Morgan fingerprint density at radius 3 is 2.32 bits per heavy atom. The van der Waals surface area contributed by atoms with Crippen molar-refractivity contribution in [3.63, 3.8) is 0 Å². The third-order valence-corrected chi connectivity index (χ3v) is 3.02. The predicted octanol–water partition coefficient (Wildman–Crippen LogP) is 4.69. The van der Waals surface area contributed by atoms with E-state index in [2.05, 4.69) is 40.0 Å². The lowest BCUT2D eigenvalue weighted by Gasteiger charge is -1.99. The second kappa shape index (κ2) is 8.62. The summed E-state index contributed by atoms with van der Waals surface area (Å²) in [5.41, 5.74) is 3.24. The molecule has 0 atom stereocenters. The summed E-state index contributed by atoms with van der Waals surface area (Å²) in [5, 5.41) is 0. The molecule has 0 amide bonds. The number of rotatable bonds is 4. The molecule has 0 unspecified atom stereocenters. The zero-order chi connectivity index (χ0) is 15.6.